The first-order chi connectivity index (χ1) is 12.2. The number of likely N-dealkylation sites (N-methyl/N-ethyl adjacent to an activating group) is 1. The van der Waals surface area contributed by atoms with Gasteiger partial charge in [0.1, 0.15) is 4.90 Å². The van der Waals surface area contributed by atoms with E-state index < -0.39 is 10.0 Å². The molecule has 0 radical (unpaired) electrons. The van der Waals surface area contributed by atoms with E-state index in [0.29, 0.717) is 35.6 Å². The molecule has 0 spiro atoms. The molecule has 1 aromatic rings. The molecule has 8 heteroatoms. The molecule has 0 aliphatic heterocycles. The topological polar surface area (TPSA) is 59.1 Å². The van der Waals surface area contributed by atoms with Gasteiger partial charge in [-0.3, -0.25) is 0 Å². The maximum atomic E-state index is 13.3. The summed E-state index contributed by atoms with van der Waals surface area (Å²) in [6, 6.07) is 3.15. The molecule has 0 saturated carbocycles. The molecule has 0 amide bonds. The van der Waals surface area contributed by atoms with E-state index in [0.717, 1.165) is 13.1 Å². The molecule has 0 N–H and O–H groups in total. The van der Waals surface area contributed by atoms with Crippen LogP contribution in [-0.4, -0.2) is 64.6 Å². The summed E-state index contributed by atoms with van der Waals surface area (Å²) < 4.78 is 39.2. The van der Waals surface area contributed by atoms with E-state index in [2.05, 4.69) is 34.7 Å². The third-order valence-corrected chi connectivity index (χ3v) is 7.01. The molecule has 6 nitrogen and oxygen atoms in total. The van der Waals surface area contributed by atoms with Crippen LogP contribution in [0, 0.1) is 5.92 Å². The van der Waals surface area contributed by atoms with Crippen LogP contribution in [0.2, 0.25) is 0 Å². The van der Waals surface area contributed by atoms with Gasteiger partial charge in [0.05, 0.1) is 14.2 Å². The highest BCUT2D eigenvalue weighted by atomic mass is 79.9. The van der Waals surface area contributed by atoms with Crippen LogP contribution in [-0.2, 0) is 10.0 Å². The van der Waals surface area contributed by atoms with E-state index in [-0.39, 0.29) is 10.8 Å². The van der Waals surface area contributed by atoms with Crippen molar-refractivity contribution in [2.45, 2.75) is 32.6 Å². The fourth-order valence-electron chi connectivity index (χ4n) is 2.68. The summed E-state index contributed by atoms with van der Waals surface area (Å²) in [5, 5.41) is 0. The van der Waals surface area contributed by atoms with Gasteiger partial charge < -0.3 is 14.4 Å². The zero-order valence-corrected chi connectivity index (χ0v) is 19.0. The summed E-state index contributed by atoms with van der Waals surface area (Å²) in [4.78, 5) is 2.40. The summed E-state index contributed by atoms with van der Waals surface area (Å²) in [5.74, 6) is 1.10. The Bertz CT molecular complexity index is 676. The lowest BCUT2D eigenvalue weighted by atomic mass is 10.2. The Balaban J connectivity index is 3.27. The van der Waals surface area contributed by atoms with Crippen LogP contribution in [0.1, 0.15) is 27.7 Å². The van der Waals surface area contributed by atoms with Crippen molar-refractivity contribution in [2.75, 3.05) is 46.9 Å². The van der Waals surface area contributed by atoms with Gasteiger partial charge in [-0.25, -0.2) is 8.42 Å². The molecule has 0 unspecified atom stereocenters. The average molecular weight is 451 g/mol. The second-order valence-electron chi connectivity index (χ2n) is 6.42. The molecule has 0 heterocycles. The first kappa shape index (κ1) is 23.2. The number of hydrogen-bond donors (Lipinski definition) is 0. The molecule has 1 rings (SSSR count). The van der Waals surface area contributed by atoms with Crippen LogP contribution >= 0.6 is 15.9 Å². The lowest BCUT2D eigenvalue weighted by molar-refractivity contribution is 0.262. The molecule has 0 fully saturated rings. The Hall–Kier alpha value is -0.830. The Kier molecular flexibility index (Phi) is 9.36. The number of nitrogens with zero attached hydrogens (tertiary/aromatic N) is 2. The summed E-state index contributed by atoms with van der Waals surface area (Å²) in [6.45, 7) is 11.6. The standard InChI is InChI=1S/C18H31BrN2O4S/c1-7-20(8-2)9-10-21(13-14(3)4)26(22,23)18-12-17(25-6)16(24-5)11-15(18)19/h11-12,14H,7-10,13H2,1-6H3. The molecule has 0 bridgehead atoms. The van der Waals surface area contributed by atoms with Crippen LogP contribution in [0.5, 0.6) is 11.5 Å². The molecule has 150 valence electrons. The minimum absolute atomic E-state index is 0.190. The van der Waals surface area contributed by atoms with Crippen molar-refractivity contribution in [2.24, 2.45) is 5.92 Å². The predicted molar refractivity (Wildman–Crippen MR) is 109 cm³/mol. The quantitative estimate of drug-likeness (QED) is 0.516. The number of rotatable bonds is 11. The minimum Gasteiger partial charge on any atom is -0.493 e. The largest absolute Gasteiger partial charge is 0.493 e. The highest BCUT2D eigenvalue weighted by molar-refractivity contribution is 9.10. The molecule has 0 aliphatic rings. The summed E-state index contributed by atoms with van der Waals surface area (Å²) in [6.07, 6.45) is 0. The van der Waals surface area contributed by atoms with Gasteiger partial charge in [-0.15, -0.1) is 0 Å². The van der Waals surface area contributed by atoms with Gasteiger partial charge in [0.2, 0.25) is 10.0 Å². The Morgan fingerprint density at radius 1 is 1.04 bits per heavy atom. The smallest absolute Gasteiger partial charge is 0.244 e. The van der Waals surface area contributed by atoms with Crippen molar-refractivity contribution in [1.82, 2.24) is 9.21 Å². The molecule has 0 aromatic heterocycles. The van der Waals surface area contributed by atoms with E-state index in [9.17, 15) is 8.42 Å². The SMILES string of the molecule is CCN(CC)CCN(CC(C)C)S(=O)(=O)c1cc(OC)c(OC)cc1Br. The molecule has 0 saturated heterocycles. The predicted octanol–water partition coefficient (Wildman–Crippen LogP) is 3.45. The number of sulfonamides is 1. The van der Waals surface area contributed by atoms with Crippen LogP contribution < -0.4 is 9.47 Å². The number of methoxy groups -OCH3 is 2. The maximum absolute atomic E-state index is 13.3. The highest BCUT2D eigenvalue weighted by Crippen LogP contribution is 2.36. The van der Waals surface area contributed by atoms with E-state index in [4.69, 9.17) is 9.47 Å². The molecule has 0 aliphatic carbocycles. The number of hydrogen-bond acceptors (Lipinski definition) is 5. The fourth-order valence-corrected chi connectivity index (χ4v) is 5.27. The van der Waals surface area contributed by atoms with E-state index >= 15 is 0 Å². The molecule has 26 heavy (non-hydrogen) atoms. The van der Waals surface area contributed by atoms with Crippen LogP contribution in [0.4, 0.5) is 0 Å². The highest BCUT2D eigenvalue weighted by Gasteiger charge is 2.29. The third-order valence-electron chi connectivity index (χ3n) is 4.18. The Morgan fingerprint density at radius 2 is 1.58 bits per heavy atom. The van der Waals surface area contributed by atoms with Gasteiger partial charge in [0.25, 0.3) is 0 Å². The summed E-state index contributed by atoms with van der Waals surface area (Å²) in [5.41, 5.74) is 0. The normalized spacial score (nSPS) is 12.2. The average Bonchev–Trinajstić information content (AvgIpc) is 2.60. The van der Waals surface area contributed by atoms with Gasteiger partial charge in [-0.1, -0.05) is 27.7 Å². The number of benzene rings is 1. The number of ether oxygens (including phenoxy) is 2. The van der Waals surface area contributed by atoms with Crippen molar-refractivity contribution in [3.8, 4) is 11.5 Å². The fraction of sp³-hybridized carbons (Fsp3) is 0.667. The lowest BCUT2D eigenvalue weighted by Crippen LogP contribution is -2.40. The first-order valence-corrected chi connectivity index (χ1v) is 11.1. The Morgan fingerprint density at radius 3 is 2.04 bits per heavy atom. The van der Waals surface area contributed by atoms with Gasteiger partial charge >= 0.3 is 0 Å². The van der Waals surface area contributed by atoms with E-state index in [1.54, 1.807) is 10.4 Å². The first-order valence-electron chi connectivity index (χ1n) is 8.85. The second-order valence-corrected chi connectivity index (χ2v) is 9.18. The summed E-state index contributed by atoms with van der Waals surface area (Å²) in [7, 11) is -0.656. The Labute approximate surface area is 166 Å². The van der Waals surface area contributed by atoms with Crippen molar-refractivity contribution < 1.29 is 17.9 Å². The second kappa shape index (κ2) is 10.5. The van der Waals surface area contributed by atoms with Gasteiger partial charge in [0, 0.05) is 30.2 Å². The van der Waals surface area contributed by atoms with Gasteiger partial charge in [0.15, 0.2) is 11.5 Å². The zero-order chi connectivity index (χ0) is 19.9. The minimum atomic E-state index is -3.67. The number of halogens is 1. The van der Waals surface area contributed by atoms with Crippen molar-refractivity contribution >= 4 is 26.0 Å². The molecular formula is C18H31BrN2O4S. The lowest BCUT2D eigenvalue weighted by Gasteiger charge is -2.27. The van der Waals surface area contributed by atoms with Crippen molar-refractivity contribution in [1.29, 1.82) is 0 Å². The van der Waals surface area contributed by atoms with E-state index in [1.165, 1.54) is 20.3 Å². The monoisotopic (exact) mass is 450 g/mol. The molecule has 0 atom stereocenters. The van der Waals surface area contributed by atoms with Gasteiger partial charge in [-0.2, -0.15) is 4.31 Å². The van der Waals surface area contributed by atoms with Gasteiger partial charge in [-0.05, 0) is 41.0 Å². The van der Waals surface area contributed by atoms with Crippen LogP contribution in [0.3, 0.4) is 0 Å². The zero-order valence-electron chi connectivity index (χ0n) is 16.6. The van der Waals surface area contributed by atoms with E-state index in [1.807, 2.05) is 13.8 Å². The summed E-state index contributed by atoms with van der Waals surface area (Å²) >= 11 is 3.38. The molecular weight excluding hydrogens is 420 g/mol. The maximum Gasteiger partial charge on any atom is 0.244 e. The van der Waals surface area contributed by atoms with Crippen molar-refractivity contribution in [3.63, 3.8) is 0 Å². The van der Waals surface area contributed by atoms with Crippen LogP contribution in [0.15, 0.2) is 21.5 Å². The van der Waals surface area contributed by atoms with Crippen LogP contribution in [0.25, 0.3) is 0 Å². The third kappa shape index (κ3) is 5.84. The van der Waals surface area contributed by atoms with Crippen molar-refractivity contribution in [3.05, 3.63) is 16.6 Å². The molecule has 1 aromatic carbocycles.